The van der Waals surface area contributed by atoms with Crippen molar-refractivity contribution in [1.82, 2.24) is 20.2 Å². The summed E-state index contributed by atoms with van der Waals surface area (Å²) in [5, 5.41) is 12.0. The predicted molar refractivity (Wildman–Crippen MR) is 124 cm³/mol. The lowest BCUT2D eigenvalue weighted by atomic mass is 10.1. The normalized spacial score (nSPS) is 11.3. The Labute approximate surface area is 188 Å². The van der Waals surface area contributed by atoms with E-state index in [4.69, 9.17) is 9.47 Å². The number of methoxy groups -OCH3 is 2. The number of sulfonamides is 1. The second-order valence-electron chi connectivity index (χ2n) is 6.72. The SMILES string of the molecule is COc1cccc(OC)c1-c1cnnc(NCc2nc3cc(NS(C)(=O)=O)ccc3s2)n1. The summed E-state index contributed by atoms with van der Waals surface area (Å²) >= 11 is 1.49. The molecule has 4 rings (SSSR count). The maximum atomic E-state index is 11.4. The van der Waals surface area contributed by atoms with Crippen LogP contribution in [0.25, 0.3) is 21.5 Å². The van der Waals surface area contributed by atoms with Gasteiger partial charge in [0.1, 0.15) is 22.2 Å². The van der Waals surface area contributed by atoms with Crippen LogP contribution in [0, 0.1) is 0 Å². The zero-order valence-electron chi connectivity index (χ0n) is 17.5. The summed E-state index contributed by atoms with van der Waals surface area (Å²) in [6, 6.07) is 10.7. The molecule has 32 heavy (non-hydrogen) atoms. The molecule has 0 bridgehead atoms. The van der Waals surface area contributed by atoms with E-state index < -0.39 is 10.0 Å². The maximum absolute atomic E-state index is 11.4. The number of anilines is 2. The maximum Gasteiger partial charge on any atom is 0.243 e. The molecule has 0 aliphatic rings. The molecule has 0 unspecified atom stereocenters. The minimum Gasteiger partial charge on any atom is -0.496 e. The number of fused-ring (bicyclic) bond motifs is 1. The minimum atomic E-state index is -3.35. The molecule has 10 nitrogen and oxygen atoms in total. The molecule has 0 amide bonds. The van der Waals surface area contributed by atoms with Crippen molar-refractivity contribution in [3.05, 3.63) is 47.6 Å². The van der Waals surface area contributed by atoms with Crippen LogP contribution in [0.2, 0.25) is 0 Å². The average Bonchev–Trinajstić information content (AvgIpc) is 3.18. The topological polar surface area (TPSA) is 128 Å². The van der Waals surface area contributed by atoms with Gasteiger partial charge in [-0.2, -0.15) is 5.10 Å². The van der Waals surface area contributed by atoms with Gasteiger partial charge in [0.2, 0.25) is 16.0 Å². The number of benzene rings is 2. The molecule has 0 saturated heterocycles. The van der Waals surface area contributed by atoms with Gasteiger partial charge in [-0.25, -0.2) is 18.4 Å². The standard InChI is InChI=1S/C20H20N6O4S2/c1-29-15-5-4-6-16(30-2)19(15)14-10-22-25-20(24-14)21-11-18-23-13-9-12(26-32(3,27)28)7-8-17(13)31-18/h4-10,26H,11H2,1-3H3,(H,21,24,25). The summed E-state index contributed by atoms with van der Waals surface area (Å²) in [4.78, 5) is 9.10. The number of aromatic nitrogens is 4. The van der Waals surface area contributed by atoms with Crippen LogP contribution in [0.15, 0.2) is 42.6 Å². The molecular weight excluding hydrogens is 452 g/mol. The van der Waals surface area contributed by atoms with Crippen molar-refractivity contribution in [3.63, 3.8) is 0 Å². The number of nitrogens with one attached hydrogen (secondary N) is 2. The zero-order chi connectivity index (χ0) is 22.7. The van der Waals surface area contributed by atoms with Crippen LogP contribution in [0.4, 0.5) is 11.6 Å². The fraction of sp³-hybridized carbons (Fsp3) is 0.200. The fourth-order valence-electron chi connectivity index (χ4n) is 3.09. The number of ether oxygens (including phenoxy) is 2. The molecule has 2 N–H and O–H groups in total. The highest BCUT2D eigenvalue weighted by Gasteiger charge is 2.15. The van der Waals surface area contributed by atoms with Crippen molar-refractivity contribution in [2.45, 2.75) is 6.54 Å². The first-order valence-electron chi connectivity index (χ1n) is 9.38. The monoisotopic (exact) mass is 472 g/mol. The number of hydrogen-bond donors (Lipinski definition) is 2. The van der Waals surface area contributed by atoms with Crippen LogP contribution in [0.3, 0.4) is 0 Å². The highest BCUT2D eigenvalue weighted by molar-refractivity contribution is 7.92. The van der Waals surface area contributed by atoms with E-state index in [2.05, 4.69) is 30.2 Å². The third-order valence-electron chi connectivity index (χ3n) is 4.38. The van der Waals surface area contributed by atoms with Crippen LogP contribution < -0.4 is 19.5 Å². The van der Waals surface area contributed by atoms with Crippen molar-refractivity contribution in [3.8, 4) is 22.8 Å². The lowest BCUT2D eigenvalue weighted by Gasteiger charge is -2.12. The quantitative estimate of drug-likeness (QED) is 0.397. The Hall–Kier alpha value is -3.51. The van der Waals surface area contributed by atoms with E-state index in [0.29, 0.717) is 46.5 Å². The van der Waals surface area contributed by atoms with E-state index in [1.807, 2.05) is 24.3 Å². The van der Waals surface area contributed by atoms with E-state index in [9.17, 15) is 8.42 Å². The van der Waals surface area contributed by atoms with Crippen molar-refractivity contribution in [1.29, 1.82) is 0 Å². The smallest absolute Gasteiger partial charge is 0.243 e. The van der Waals surface area contributed by atoms with Crippen molar-refractivity contribution in [2.24, 2.45) is 0 Å². The van der Waals surface area contributed by atoms with Gasteiger partial charge in [-0.3, -0.25) is 4.72 Å². The summed E-state index contributed by atoms with van der Waals surface area (Å²) in [5.41, 5.74) is 2.40. The lowest BCUT2D eigenvalue weighted by molar-refractivity contribution is 0.397. The zero-order valence-corrected chi connectivity index (χ0v) is 19.1. The molecule has 0 aliphatic heterocycles. The van der Waals surface area contributed by atoms with Gasteiger partial charge in [-0.05, 0) is 30.3 Å². The molecule has 12 heteroatoms. The number of thiazole rings is 1. The Morgan fingerprint density at radius 1 is 1.06 bits per heavy atom. The van der Waals surface area contributed by atoms with Crippen LogP contribution in [-0.4, -0.2) is 49.1 Å². The lowest BCUT2D eigenvalue weighted by Crippen LogP contribution is -2.09. The Kier molecular flexibility index (Phi) is 6.06. The third kappa shape index (κ3) is 4.86. The van der Waals surface area contributed by atoms with Gasteiger partial charge in [0.15, 0.2) is 0 Å². The first-order chi connectivity index (χ1) is 15.4. The molecule has 2 heterocycles. The van der Waals surface area contributed by atoms with Gasteiger partial charge < -0.3 is 14.8 Å². The van der Waals surface area contributed by atoms with Gasteiger partial charge in [0, 0.05) is 0 Å². The third-order valence-corrected chi connectivity index (χ3v) is 6.02. The second-order valence-corrected chi connectivity index (χ2v) is 9.58. The molecule has 166 valence electrons. The molecule has 0 radical (unpaired) electrons. The van der Waals surface area contributed by atoms with Crippen molar-refractivity contribution in [2.75, 3.05) is 30.5 Å². The molecule has 0 spiro atoms. The highest BCUT2D eigenvalue weighted by atomic mass is 32.2. The Balaban J connectivity index is 1.55. The Bertz CT molecular complexity index is 1350. The van der Waals surface area contributed by atoms with Crippen LogP contribution in [0.5, 0.6) is 11.5 Å². The van der Waals surface area contributed by atoms with Crippen LogP contribution in [0.1, 0.15) is 5.01 Å². The fourth-order valence-corrected chi connectivity index (χ4v) is 4.53. The van der Waals surface area contributed by atoms with Gasteiger partial charge in [0.25, 0.3) is 0 Å². The predicted octanol–water partition coefficient (Wildman–Crippen LogP) is 3.15. The Morgan fingerprint density at radius 2 is 1.81 bits per heavy atom. The number of rotatable bonds is 8. The van der Waals surface area contributed by atoms with E-state index in [0.717, 1.165) is 16.0 Å². The first kappa shape index (κ1) is 21.7. The van der Waals surface area contributed by atoms with E-state index >= 15 is 0 Å². The first-order valence-corrected chi connectivity index (χ1v) is 12.1. The molecule has 2 aromatic heterocycles. The van der Waals surface area contributed by atoms with Crippen LogP contribution >= 0.6 is 11.3 Å². The summed E-state index contributed by atoms with van der Waals surface area (Å²) in [5.74, 6) is 1.55. The largest absolute Gasteiger partial charge is 0.496 e. The van der Waals surface area contributed by atoms with Gasteiger partial charge in [0.05, 0.1) is 54.7 Å². The number of nitrogens with zero attached hydrogens (tertiary/aromatic N) is 4. The molecule has 0 fully saturated rings. The summed E-state index contributed by atoms with van der Waals surface area (Å²) in [6.07, 6.45) is 2.65. The molecule has 0 aliphatic carbocycles. The van der Waals surface area contributed by atoms with Crippen molar-refractivity contribution >= 4 is 43.2 Å². The van der Waals surface area contributed by atoms with E-state index in [-0.39, 0.29) is 0 Å². The molecule has 0 atom stereocenters. The van der Waals surface area contributed by atoms with Crippen LogP contribution in [-0.2, 0) is 16.6 Å². The summed E-state index contributed by atoms with van der Waals surface area (Å²) in [6.45, 7) is 0.377. The summed E-state index contributed by atoms with van der Waals surface area (Å²) < 4.78 is 37.2. The molecule has 4 aromatic rings. The van der Waals surface area contributed by atoms with E-state index in [1.54, 1.807) is 32.5 Å². The van der Waals surface area contributed by atoms with E-state index in [1.165, 1.54) is 11.3 Å². The number of hydrogen-bond acceptors (Lipinski definition) is 10. The van der Waals surface area contributed by atoms with Gasteiger partial charge in [-0.1, -0.05) is 6.07 Å². The highest BCUT2D eigenvalue weighted by Crippen LogP contribution is 2.37. The second kappa shape index (κ2) is 8.93. The minimum absolute atomic E-state index is 0.328. The molecule has 0 saturated carbocycles. The summed E-state index contributed by atoms with van der Waals surface area (Å²) in [7, 11) is -0.192. The molecule has 2 aromatic carbocycles. The van der Waals surface area contributed by atoms with Crippen molar-refractivity contribution < 1.29 is 17.9 Å². The Morgan fingerprint density at radius 3 is 2.50 bits per heavy atom. The van der Waals surface area contributed by atoms with Gasteiger partial charge >= 0.3 is 0 Å². The molecular formula is C20H20N6O4S2. The van der Waals surface area contributed by atoms with Gasteiger partial charge in [-0.15, -0.1) is 16.4 Å². The average molecular weight is 473 g/mol.